The summed E-state index contributed by atoms with van der Waals surface area (Å²) >= 11 is 0. The Hall–Kier alpha value is -1.31. The zero-order valence-electron chi connectivity index (χ0n) is 9.24. The van der Waals surface area contributed by atoms with Gasteiger partial charge in [0.1, 0.15) is 0 Å². The van der Waals surface area contributed by atoms with Gasteiger partial charge in [-0.3, -0.25) is 0 Å². The molecule has 0 spiro atoms. The highest BCUT2D eigenvalue weighted by atomic mass is 16.4. The van der Waals surface area contributed by atoms with E-state index in [1.807, 2.05) is 39.8 Å². The van der Waals surface area contributed by atoms with Crippen molar-refractivity contribution in [1.29, 1.82) is 0 Å². The Morgan fingerprint density at radius 3 is 2.07 bits per heavy atom. The van der Waals surface area contributed by atoms with E-state index in [4.69, 9.17) is 5.11 Å². The summed E-state index contributed by atoms with van der Waals surface area (Å²) in [7, 11) is 0. The third-order valence-corrected chi connectivity index (χ3v) is 1.81. The molecule has 0 aliphatic heterocycles. The highest BCUT2D eigenvalue weighted by Crippen LogP contribution is 2.18. The lowest BCUT2D eigenvalue weighted by molar-refractivity contribution is 0.0695. The van der Waals surface area contributed by atoms with E-state index in [-0.39, 0.29) is 5.92 Å². The Morgan fingerprint density at radius 1 is 1.21 bits per heavy atom. The lowest BCUT2D eigenvalue weighted by Crippen LogP contribution is -2.02. The summed E-state index contributed by atoms with van der Waals surface area (Å²) < 4.78 is 0. The summed E-state index contributed by atoms with van der Waals surface area (Å²) in [5.74, 6) is -0.586. The lowest BCUT2D eigenvalue weighted by atomic mass is 9.97. The van der Waals surface area contributed by atoms with Crippen LogP contribution in [0, 0.1) is 0 Å². The highest BCUT2D eigenvalue weighted by molar-refractivity contribution is 5.89. The predicted octanol–water partition coefficient (Wildman–Crippen LogP) is 3.53. The van der Waals surface area contributed by atoms with Crippen LogP contribution in [0.2, 0.25) is 0 Å². The van der Waals surface area contributed by atoms with E-state index in [1.54, 1.807) is 12.1 Å². The second-order valence-electron chi connectivity index (χ2n) is 3.05. The molecule has 1 aromatic rings. The van der Waals surface area contributed by atoms with Crippen LogP contribution in [0.4, 0.5) is 0 Å². The minimum atomic E-state index is -0.848. The first-order chi connectivity index (χ1) is 6.63. The maximum Gasteiger partial charge on any atom is 0.335 e. The number of rotatable bonds is 2. The molecule has 1 N–H and O–H groups in total. The predicted molar refractivity (Wildman–Crippen MR) is 58.8 cm³/mol. The molecule has 0 fully saturated rings. The molecule has 0 aromatic heterocycles. The molecule has 2 heteroatoms. The van der Waals surface area contributed by atoms with Crippen LogP contribution in [-0.2, 0) is 0 Å². The standard InChI is InChI=1S/C10H12O2.C2H6/c1-7(2)8-5-3-4-6-9(8)10(11)12;1-2/h3-7H,1-2H3,(H,11,12);1-2H3. The van der Waals surface area contributed by atoms with E-state index < -0.39 is 5.97 Å². The minimum Gasteiger partial charge on any atom is -0.478 e. The van der Waals surface area contributed by atoms with Gasteiger partial charge in [-0.15, -0.1) is 0 Å². The fourth-order valence-corrected chi connectivity index (χ4v) is 1.20. The van der Waals surface area contributed by atoms with Crippen LogP contribution < -0.4 is 0 Å². The lowest BCUT2D eigenvalue weighted by Gasteiger charge is -2.07. The van der Waals surface area contributed by atoms with Crippen LogP contribution in [0.5, 0.6) is 0 Å². The number of hydrogen-bond donors (Lipinski definition) is 1. The summed E-state index contributed by atoms with van der Waals surface area (Å²) in [6.45, 7) is 7.98. The number of carbonyl (C=O) groups is 1. The topological polar surface area (TPSA) is 37.3 Å². The van der Waals surface area contributed by atoms with Crippen molar-refractivity contribution in [2.75, 3.05) is 0 Å². The van der Waals surface area contributed by atoms with Crippen molar-refractivity contribution < 1.29 is 9.90 Å². The maximum atomic E-state index is 10.7. The average molecular weight is 194 g/mol. The molecule has 0 heterocycles. The zero-order valence-corrected chi connectivity index (χ0v) is 9.24. The molecule has 0 atom stereocenters. The monoisotopic (exact) mass is 194 g/mol. The van der Waals surface area contributed by atoms with Crippen LogP contribution in [0.25, 0.3) is 0 Å². The van der Waals surface area contributed by atoms with Crippen molar-refractivity contribution >= 4 is 5.97 Å². The molecule has 1 rings (SSSR count). The van der Waals surface area contributed by atoms with Gasteiger partial charge in [0.15, 0.2) is 0 Å². The summed E-state index contributed by atoms with van der Waals surface area (Å²) in [5, 5.41) is 8.81. The zero-order chi connectivity index (χ0) is 11.1. The first kappa shape index (κ1) is 12.7. The van der Waals surface area contributed by atoms with Crippen molar-refractivity contribution in [2.24, 2.45) is 0 Å². The first-order valence-electron chi connectivity index (χ1n) is 4.95. The summed E-state index contributed by atoms with van der Waals surface area (Å²) in [4.78, 5) is 10.7. The third kappa shape index (κ3) is 3.21. The Morgan fingerprint density at radius 2 is 1.71 bits per heavy atom. The van der Waals surface area contributed by atoms with Crippen molar-refractivity contribution in [3.8, 4) is 0 Å². The Balaban J connectivity index is 0.000000791. The summed E-state index contributed by atoms with van der Waals surface area (Å²) in [6, 6.07) is 7.10. The first-order valence-corrected chi connectivity index (χ1v) is 4.95. The van der Waals surface area contributed by atoms with Crippen LogP contribution in [0.15, 0.2) is 24.3 Å². The Labute approximate surface area is 85.6 Å². The van der Waals surface area contributed by atoms with Crippen LogP contribution in [0.3, 0.4) is 0 Å². The van der Waals surface area contributed by atoms with Gasteiger partial charge in [0, 0.05) is 0 Å². The SMILES string of the molecule is CC.CC(C)c1ccccc1C(=O)O. The molecule has 14 heavy (non-hydrogen) atoms. The molecule has 0 saturated carbocycles. The molecular weight excluding hydrogens is 176 g/mol. The molecule has 0 saturated heterocycles. The van der Waals surface area contributed by atoms with E-state index in [9.17, 15) is 4.79 Å². The summed E-state index contributed by atoms with van der Waals surface area (Å²) in [6.07, 6.45) is 0. The van der Waals surface area contributed by atoms with Crippen molar-refractivity contribution in [2.45, 2.75) is 33.6 Å². The minimum absolute atomic E-state index is 0.261. The molecule has 0 aliphatic rings. The van der Waals surface area contributed by atoms with Crippen molar-refractivity contribution in [3.05, 3.63) is 35.4 Å². The quantitative estimate of drug-likeness (QED) is 0.781. The number of aromatic carboxylic acids is 1. The van der Waals surface area contributed by atoms with E-state index in [0.29, 0.717) is 5.56 Å². The smallest absolute Gasteiger partial charge is 0.335 e. The van der Waals surface area contributed by atoms with Gasteiger partial charge in [0.2, 0.25) is 0 Å². The Kier molecular flexibility index (Phi) is 5.61. The average Bonchev–Trinajstić information content (AvgIpc) is 2.20. The van der Waals surface area contributed by atoms with Gasteiger partial charge in [0.05, 0.1) is 5.56 Å². The van der Waals surface area contributed by atoms with Gasteiger partial charge in [-0.25, -0.2) is 4.79 Å². The fourth-order valence-electron chi connectivity index (χ4n) is 1.20. The van der Waals surface area contributed by atoms with Crippen LogP contribution in [0.1, 0.15) is 49.5 Å². The molecule has 78 valence electrons. The van der Waals surface area contributed by atoms with E-state index in [1.165, 1.54) is 0 Å². The van der Waals surface area contributed by atoms with Crippen LogP contribution in [-0.4, -0.2) is 11.1 Å². The largest absolute Gasteiger partial charge is 0.478 e. The second kappa shape index (κ2) is 6.19. The molecule has 2 nitrogen and oxygen atoms in total. The molecule has 1 aromatic carbocycles. The molecule has 0 radical (unpaired) electrons. The molecular formula is C12H18O2. The van der Waals surface area contributed by atoms with Gasteiger partial charge in [0.25, 0.3) is 0 Å². The van der Waals surface area contributed by atoms with Crippen molar-refractivity contribution in [1.82, 2.24) is 0 Å². The molecule has 0 aliphatic carbocycles. The van der Waals surface area contributed by atoms with Gasteiger partial charge in [-0.1, -0.05) is 45.9 Å². The number of carboxylic acids is 1. The highest BCUT2D eigenvalue weighted by Gasteiger charge is 2.10. The second-order valence-corrected chi connectivity index (χ2v) is 3.05. The number of benzene rings is 1. The van der Waals surface area contributed by atoms with Gasteiger partial charge in [-0.2, -0.15) is 0 Å². The molecule has 0 bridgehead atoms. The van der Waals surface area contributed by atoms with Gasteiger partial charge < -0.3 is 5.11 Å². The van der Waals surface area contributed by atoms with Crippen molar-refractivity contribution in [3.63, 3.8) is 0 Å². The third-order valence-electron chi connectivity index (χ3n) is 1.81. The number of hydrogen-bond acceptors (Lipinski definition) is 1. The number of carboxylic acid groups (broad SMARTS) is 1. The van der Waals surface area contributed by atoms with Gasteiger partial charge in [-0.05, 0) is 17.5 Å². The normalized spacial score (nSPS) is 9.21. The van der Waals surface area contributed by atoms with E-state index >= 15 is 0 Å². The molecule has 0 unspecified atom stereocenters. The Bertz CT molecular complexity index is 290. The molecule has 0 amide bonds. The fraction of sp³-hybridized carbons (Fsp3) is 0.417. The van der Waals surface area contributed by atoms with Gasteiger partial charge >= 0.3 is 5.97 Å². The van der Waals surface area contributed by atoms with E-state index in [2.05, 4.69) is 0 Å². The maximum absolute atomic E-state index is 10.7. The van der Waals surface area contributed by atoms with Crippen LogP contribution >= 0.6 is 0 Å². The summed E-state index contributed by atoms with van der Waals surface area (Å²) in [5.41, 5.74) is 1.30. The van der Waals surface area contributed by atoms with E-state index in [0.717, 1.165) is 5.56 Å².